The van der Waals surface area contributed by atoms with Crippen molar-refractivity contribution in [2.24, 2.45) is 0 Å². The molecule has 0 aliphatic carbocycles. The number of rotatable bonds is 3. The lowest BCUT2D eigenvalue weighted by Crippen LogP contribution is -2.16. The summed E-state index contributed by atoms with van der Waals surface area (Å²) in [4.78, 5) is 10.8. The molecule has 2 rings (SSSR count). The van der Waals surface area contributed by atoms with Crippen LogP contribution < -0.4 is 4.74 Å². The molecule has 3 heteroatoms. The van der Waals surface area contributed by atoms with E-state index in [1.165, 1.54) is 0 Å². The van der Waals surface area contributed by atoms with Gasteiger partial charge in [-0.05, 0) is 19.1 Å². The highest BCUT2D eigenvalue weighted by Gasteiger charge is 2.18. The third kappa shape index (κ3) is 2.36. The number of aryl methyl sites for hydroxylation is 1. The van der Waals surface area contributed by atoms with Gasteiger partial charge in [-0.1, -0.05) is 11.6 Å². The molecule has 0 bridgehead atoms. The van der Waals surface area contributed by atoms with E-state index in [9.17, 15) is 4.79 Å². The Balaban J connectivity index is 2.15. The van der Waals surface area contributed by atoms with E-state index in [4.69, 9.17) is 9.47 Å². The molecule has 1 aromatic carbocycles. The van der Waals surface area contributed by atoms with E-state index in [-0.39, 0.29) is 6.10 Å². The second-order valence-electron chi connectivity index (χ2n) is 3.76. The number of benzene rings is 1. The quantitative estimate of drug-likeness (QED) is 0.709. The number of aldehydes is 1. The number of carbonyl (C=O) groups is 1. The number of carbonyl (C=O) groups excluding carboxylic acids is 1. The predicted molar refractivity (Wildman–Crippen MR) is 56.4 cm³/mol. The highest BCUT2D eigenvalue weighted by atomic mass is 16.5. The number of ether oxygens (including phenoxy) is 2. The molecule has 1 atom stereocenters. The molecule has 15 heavy (non-hydrogen) atoms. The van der Waals surface area contributed by atoms with E-state index in [0.717, 1.165) is 24.9 Å². The zero-order valence-electron chi connectivity index (χ0n) is 8.73. The van der Waals surface area contributed by atoms with Crippen LogP contribution in [0.2, 0.25) is 0 Å². The predicted octanol–water partition coefficient (Wildman–Crippen LogP) is 1.98. The summed E-state index contributed by atoms with van der Waals surface area (Å²) in [7, 11) is 0. The molecule has 0 radical (unpaired) electrons. The van der Waals surface area contributed by atoms with Crippen molar-refractivity contribution < 1.29 is 14.3 Å². The molecule has 0 aromatic heterocycles. The fraction of sp³-hybridized carbons (Fsp3) is 0.417. The van der Waals surface area contributed by atoms with Crippen LogP contribution in [0.15, 0.2) is 18.2 Å². The zero-order chi connectivity index (χ0) is 10.7. The van der Waals surface area contributed by atoms with Gasteiger partial charge < -0.3 is 9.47 Å². The smallest absolute Gasteiger partial charge is 0.153 e. The van der Waals surface area contributed by atoms with Gasteiger partial charge in [0, 0.05) is 6.42 Å². The summed E-state index contributed by atoms with van der Waals surface area (Å²) in [6, 6.07) is 5.62. The monoisotopic (exact) mass is 206 g/mol. The first kappa shape index (κ1) is 10.2. The van der Waals surface area contributed by atoms with Gasteiger partial charge in [0.2, 0.25) is 0 Å². The first-order valence-corrected chi connectivity index (χ1v) is 5.10. The molecule has 0 N–H and O–H groups in total. The van der Waals surface area contributed by atoms with Gasteiger partial charge in [-0.2, -0.15) is 0 Å². The molecular formula is C12H14O3. The van der Waals surface area contributed by atoms with E-state index in [0.29, 0.717) is 17.9 Å². The van der Waals surface area contributed by atoms with Gasteiger partial charge in [-0.3, -0.25) is 4.79 Å². The Kier molecular flexibility index (Phi) is 3.02. The molecule has 1 heterocycles. The van der Waals surface area contributed by atoms with Crippen molar-refractivity contribution in [2.75, 3.05) is 13.2 Å². The molecule has 1 saturated heterocycles. The topological polar surface area (TPSA) is 35.5 Å². The van der Waals surface area contributed by atoms with Crippen molar-refractivity contribution in [3.63, 3.8) is 0 Å². The van der Waals surface area contributed by atoms with Gasteiger partial charge in [0.05, 0.1) is 18.8 Å². The summed E-state index contributed by atoms with van der Waals surface area (Å²) in [5, 5.41) is 0. The van der Waals surface area contributed by atoms with Crippen LogP contribution in [0.25, 0.3) is 0 Å². The van der Waals surface area contributed by atoms with E-state index < -0.39 is 0 Å². The normalized spacial score (nSPS) is 20.2. The van der Waals surface area contributed by atoms with Crippen LogP contribution in [-0.2, 0) is 4.74 Å². The minimum Gasteiger partial charge on any atom is -0.487 e. The van der Waals surface area contributed by atoms with Gasteiger partial charge >= 0.3 is 0 Å². The van der Waals surface area contributed by atoms with Crippen molar-refractivity contribution in [1.82, 2.24) is 0 Å². The molecule has 1 aliphatic heterocycles. The number of hydrogen-bond donors (Lipinski definition) is 0. The Morgan fingerprint density at radius 3 is 3.07 bits per heavy atom. The second-order valence-corrected chi connectivity index (χ2v) is 3.76. The molecule has 1 aliphatic rings. The Labute approximate surface area is 89.0 Å². The summed E-state index contributed by atoms with van der Waals surface area (Å²) < 4.78 is 10.9. The molecule has 1 fully saturated rings. The van der Waals surface area contributed by atoms with Crippen LogP contribution in [0.1, 0.15) is 22.3 Å². The zero-order valence-corrected chi connectivity index (χ0v) is 8.73. The Hall–Kier alpha value is -1.35. The minimum atomic E-state index is 0.0893. The van der Waals surface area contributed by atoms with Gasteiger partial charge in [-0.25, -0.2) is 0 Å². The van der Waals surface area contributed by atoms with E-state index in [2.05, 4.69) is 0 Å². The second kappa shape index (κ2) is 4.45. The largest absolute Gasteiger partial charge is 0.487 e. The highest BCUT2D eigenvalue weighted by Crippen LogP contribution is 2.21. The summed E-state index contributed by atoms with van der Waals surface area (Å²) in [6.07, 6.45) is 1.82. The fourth-order valence-corrected chi connectivity index (χ4v) is 1.65. The maximum atomic E-state index is 10.8. The lowest BCUT2D eigenvalue weighted by atomic mass is 10.1. The Bertz CT molecular complexity index is 354. The molecule has 0 amide bonds. The van der Waals surface area contributed by atoms with Crippen LogP contribution in [0.4, 0.5) is 0 Å². The van der Waals surface area contributed by atoms with Gasteiger partial charge in [0.15, 0.2) is 6.29 Å². The van der Waals surface area contributed by atoms with Gasteiger partial charge in [0.1, 0.15) is 11.9 Å². The standard InChI is InChI=1S/C12H14O3/c1-9-2-3-12(10(6-9)7-13)15-11-4-5-14-8-11/h2-3,6-7,11H,4-5,8H2,1H3. The maximum Gasteiger partial charge on any atom is 0.153 e. The van der Waals surface area contributed by atoms with Crippen molar-refractivity contribution >= 4 is 6.29 Å². The summed E-state index contributed by atoms with van der Waals surface area (Å²) >= 11 is 0. The van der Waals surface area contributed by atoms with Crippen LogP contribution in [0.3, 0.4) is 0 Å². The lowest BCUT2D eigenvalue weighted by molar-refractivity contribution is 0.111. The van der Waals surface area contributed by atoms with Crippen LogP contribution in [-0.4, -0.2) is 25.6 Å². The van der Waals surface area contributed by atoms with Crippen LogP contribution >= 0.6 is 0 Å². The third-order valence-corrected chi connectivity index (χ3v) is 2.47. The summed E-state index contributed by atoms with van der Waals surface area (Å²) in [5.74, 6) is 0.658. The third-order valence-electron chi connectivity index (χ3n) is 2.47. The Morgan fingerprint density at radius 1 is 1.53 bits per heavy atom. The van der Waals surface area contributed by atoms with Crippen molar-refractivity contribution in [3.05, 3.63) is 29.3 Å². The average Bonchev–Trinajstić information content (AvgIpc) is 2.73. The van der Waals surface area contributed by atoms with E-state index in [1.54, 1.807) is 0 Å². The molecule has 1 aromatic rings. The van der Waals surface area contributed by atoms with Crippen molar-refractivity contribution in [3.8, 4) is 5.75 Å². The summed E-state index contributed by atoms with van der Waals surface area (Å²) in [5.41, 5.74) is 1.68. The first-order valence-electron chi connectivity index (χ1n) is 5.10. The first-order chi connectivity index (χ1) is 7.29. The minimum absolute atomic E-state index is 0.0893. The van der Waals surface area contributed by atoms with Crippen molar-refractivity contribution in [2.45, 2.75) is 19.4 Å². The maximum absolute atomic E-state index is 10.8. The van der Waals surface area contributed by atoms with E-state index in [1.807, 2.05) is 25.1 Å². The molecule has 0 spiro atoms. The lowest BCUT2D eigenvalue weighted by Gasteiger charge is -2.13. The average molecular weight is 206 g/mol. The molecule has 80 valence electrons. The fourth-order valence-electron chi connectivity index (χ4n) is 1.65. The molecule has 1 unspecified atom stereocenters. The molecular weight excluding hydrogens is 192 g/mol. The highest BCUT2D eigenvalue weighted by molar-refractivity contribution is 5.79. The molecule has 3 nitrogen and oxygen atoms in total. The Morgan fingerprint density at radius 2 is 2.40 bits per heavy atom. The van der Waals surface area contributed by atoms with Crippen molar-refractivity contribution in [1.29, 1.82) is 0 Å². The summed E-state index contributed by atoms with van der Waals surface area (Å²) in [6.45, 7) is 3.31. The molecule has 0 saturated carbocycles. The van der Waals surface area contributed by atoms with Gasteiger partial charge in [-0.15, -0.1) is 0 Å². The SMILES string of the molecule is Cc1ccc(OC2CCOC2)c(C=O)c1. The van der Waals surface area contributed by atoms with Gasteiger partial charge in [0.25, 0.3) is 0 Å². The van der Waals surface area contributed by atoms with E-state index >= 15 is 0 Å². The number of hydrogen-bond acceptors (Lipinski definition) is 3. The van der Waals surface area contributed by atoms with Crippen LogP contribution in [0.5, 0.6) is 5.75 Å². The van der Waals surface area contributed by atoms with Crippen LogP contribution in [0, 0.1) is 6.92 Å².